The summed E-state index contributed by atoms with van der Waals surface area (Å²) in [5, 5.41) is 14.7. The third kappa shape index (κ3) is 9.79. The molecule has 322 valence electrons. The number of anilines is 4. The number of piperazine rings is 1. The van der Waals surface area contributed by atoms with Crippen molar-refractivity contribution in [3.05, 3.63) is 143 Å². The number of aromatic carboxylic acids is 1. The van der Waals surface area contributed by atoms with Gasteiger partial charge in [-0.1, -0.05) is 54.1 Å². The lowest BCUT2D eigenvalue weighted by Crippen LogP contribution is -2.46. The van der Waals surface area contributed by atoms with Gasteiger partial charge in [0, 0.05) is 95.5 Å². The van der Waals surface area contributed by atoms with E-state index in [0.717, 1.165) is 97.4 Å². The van der Waals surface area contributed by atoms with E-state index in [0.29, 0.717) is 22.0 Å². The molecule has 5 aromatic carbocycles. The molecule has 0 unspecified atom stereocenters. The summed E-state index contributed by atoms with van der Waals surface area (Å²) in [5.41, 5.74) is 8.59. The summed E-state index contributed by atoms with van der Waals surface area (Å²) in [6.07, 6.45) is 2.28. The second kappa shape index (κ2) is 18.9. The molecule has 1 atom stereocenters. The number of benzene rings is 5. The van der Waals surface area contributed by atoms with Gasteiger partial charge in [-0.05, 0) is 135 Å². The van der Waals surface area contributed by atoms with Crippen molar-refractivity contribution < 1.29 is 18.3 Å². The molecule has 2 aliphatic rings. The Bertz CT molecular complexity index is 2630. The van der Waals surface area contributed by atoms with E-state index in [-0.39, 0.29) is 16.5 Å². The molecule has 62 heavy (non-hydrogen) atoms. The van der Waals surface area contributed by atoms with Crippen LogP contribution in [0.4, 0.5) is 22.7 Å². The number of hydrogen-bond acceptors (Lipinski definition) is 8. The maximum Gasteiger partial charge on any atom is 0.338 e. The van der Waals surface area contributed by atoms with Gasteiger partial charge in [-0.15, -0.1) is 11.8 Å². The highest BCUT2D eigenvalue weighted by atomic mass is 35.5. The van der Waals surface area contributed by atoms with E-state index in [1.165, 1.54) is 11.3 Å². The van der Waals surface area contributed by atoms with Gasteiger partial charge >= 0.3 is 5.97 Å². The second-order valence-electron chi connectivity index (χ2n) is 16.2. The average molecular weight is 890 g/mol. The smallest absolute Gasteiger partial charge is 0.338 e. The Morgan fingerprint density at radius 1 is 0.790 bits per heavy atom. The molecule has 6 aromatic rings. The lowest BCUT2D eigenvalue weighted by atomic mass is 9.96. The van der Waals surface area contributed by atoms with Crippen LogP contribution in [0, 0.1) is 13.8 Å². The van der Waals surface area contributed by atoms with E-state index in [2.05, 4.69) is 61.1 Å². The van der Waals surface area contributed by atoms with E-state index in [1.54, 1.807) is 12.1 Å². The molecule has 13 heteroatoms. The van der Waals surface area contributed by atoms with Gasteiger partial charge in [0.15, 0.2) is 0 Å². The normalized spacial score (nSPS) is 15.0. The first-order valence-electron chi connectivity index (χ1n) is 21.1. The predicted octanol–water partition coefficient (Wildman–Crippen LogP) is 10.1. The number of sulfonamides is 1. The molecule has 2 saturated heterocycles. The first kappa shape index (κ1) is 43.3. The van der Waals surface area contributed by atoms with Crippen LogP contribution < -0.4 is 19.8 Å². The summed E-state index contributed by atoms with van der Waals surface area (Å²) in [6, 6.07) is 39.2. The number of likely N-dealkylation sites (tertiary alicyclic amines) is 1. The highest BCUT2D eigenvalue weighted by Gasteiger charge is 2.27. The lowest BCUT2D eigenvalue weighted by molar-refractivity contribution is 0.0696. The molecule has 3 N–H and O–H groups in total. The lowest BCUT2D eigenvalue weighted by Gasteiger charge is -2.37. The molecule has 2 fully saturated rings. The Morgan fingerprint density at radius 2 is 1.48 bits per heavy atom. The largest absolute Gasteiger partial charge is 0.478 e. The third-order valence-corrected chi connectivity index (χ3v) is 14.9. The molecule has 10 nitrogen and oxygen atoms in total. The molecule has 3 heterocycles. The Kier molecular flexibility index (Phi) is 13.2. The number of aryl methyl sites for hydroxylation is 1. The fourth-order valence-electron chi connectivity index (χ4n) is 8.37. The fraction of sp³-hybridized carbons (Fsp3) is 0.286. The zero-order chi connectivity index (χ0) is 43.4. The summed E-state index contributed by atoms with van der Waals surface area (Å²) >= 11 is 8.04. The van der Waals surface area contributed by atoms with Crippen molar-refractivity contribution in [2.24, 2.45) is 7.05 Å². The number of aromatic nitrogens is 1. The zero-order valence-corrected chi connectivity index (χ0v) is 37.7. The second-order valence-corrected chi connectivity index (χ2v) is 19.4. The SMILES string of the molecule is Cc1cc(S(=O)(=O)Nc2ccc(N3CCN(c4cccc(-c5c(C(=O)O)c(C)n(C)c5-c5ccc(Cl)cc5)c4)CC3)cc2)ccc1N[C@H](CCN1CCC1)CSc1ccccc1. The van der Waals surface area contributed by atoms with Crippen LogP contribution in [0.15, 0.2) is 131 Å². The third-order valence-electron chi connectivity index (χ3n) is 12.1. The molecule has 2 aliphatic heterocycles. The van der Waals surface area contributed by atoms with Crippen molar-refractivity contribution in [3.8, 4) is 22.4 Å². The fourth-order valence-corrected chi connectivity index (χ4v) is 10.6. The van der Waals surface area contributed by atoms with Gasteiger partial charge < -0.3 is 29.7 Å². The van der Waals surface area contributed by atoms with Gasteiger partial charge in [0.2, 0.25) is 0 Å². The van der Waals surface area contributed by atoms with Gasteiger partial charge in [0.05, 0.1) is 16.2 Å². The summed E-state index contributed by atoms with van der Waals surface area (Å²) in [5.74, 6) is -0.0499. The van der Waals surface area contributed by atoms with Crippen molar-refractivity contribution in [1.82, 2.24) is 9.47 Å². The highest BCUT2D eigenvalue weighted by molar-refractivity contribution is 7.99. The van der Waals surface area contributed by atoms with Crippen LogP contribution in [0.1, 0.15) is 34.5 Å². The molecular weight excluding hydrogens is 836 g/mol. The number of rotatable bonds is 16. The molecule has 8 rings (SSSR count). The number of nitrogens with one attached hydrogen (secondary N) is 2. The minimum atomic E-state index is -3.82. The Labute approximate surface area is 374 Å². The van der Waals surface area contributed by atoms with Gasteiger partial charge in [-0.2, -0.15) is 0 Å². The van der Waals surface area contributed by atoms with Crippen LogP contribution >= 0.6 is 23.4 Å². The number of carboxylic acids is 1. The Balaban J connectivity index is 0.898. The van der Waals surface area contributed by atoms with Gasteiger partial charge in [0.1, 0.15) is 0 Å². The summed E-state index contributed by atoms with van der Waals surface area (Å²) in [4.78, 5) is 21.2. The summed E-state index contributed by atoms with van der Waals surface area (Å²) in [6.45, 7) is 10.2. The van der Waals surface area contributed by atoms with Gasteiger partial charge in [-0.25, -0.2) is 13.2 Å². The predicted molar refractivity (Wildman–Crippen MR) is 256 cm³/mol. The number of thioether (sulfide) groups is 1. The van der Waals surface area contributed by atoms with Crippen molar-refractivity contribution in [3.63, 3.8) is 0 Å². The molecular formula is C49H53ClN6O4S2. The molecule has 0 saturated carbocycles. The van der Waals surface area contributed by atoms with Gasteiger partial charge in [0.25, 0.3) is 10.0 Å². The molecule has 0 bridgehead atoms. The topological polar surface area (TPSA) is 110 Å². The Hall–Kier alpha value is -5.40. The number of carboxylic acid groups (broad SMARTS) is 1. The average Bonchev–Trinajstić information content (AvgIpc) is 3.53. The first-order chi connectivity index (χ1) is 29.9. The van der Waals surface area contributed by atoms with Gasteiger partial charge in [-0.3, -0.25) is 4.72 Å². The van der Waals surface area contributed by atoms with Crippen LogP contribution in [0.3, 0.4) is 0 Å². The van der Waals surface area contributed by atoms with E-state index in [1.807, 2.05) is 110 Å². The zero-order valence-electron chi connectivity index (χ0n) is 35.4. The van der Waals surface area contributed by atoms with E-state index >= 15 is 0 Å². The highest BCUT2D eigenvalue weighted by Crippen LogP contribution is 2.40. The summed E-state index contributed by atoms with van der Waals surface area (Å²) in [7, 11) is -1.92. The summed E-state index contributed by atoms with van der Waals surface area (Å²) < 4.78 is 32.0. The van der Waals surface area contributed by atoms with Crippen molar-refractivity contribution in [2.45, 2.75) is 42.5 Å². The number of hydrogen-bond donors (Lipinski definition) is 3. The van der Waals surface area contributed by atoms with Crippen molar-refractivity contribution >= 4 is 62.1 Å². The maximum absolute atomic E-state index is 13.6. The van der Waals surface area contributed by atoms with E-state index in [4.69, 9.17) is 11.6 Å². The first-order valence-corrected chi connectivity index (χ1v) is 24.0. The molecule has 1 aromatic heterocycles. The van der Waals surface area contributed by atoms with E-state index in [9.17, 15) is 18.3 Å². The van der Waals surface area contributed by atoms with Crippen LogP contribution in [0.25, 0.3) is 22.4 Å². The van der Waals surface area contributed by atoms with Crippen LogP contribution in [-0.2, 0) is 17.1 Å². The van der Waals surface area contributed by atoms with Crippen LogP contribution in [-0.4, -0.2) is 86.6 Å². The minimum Gasteiger partial charge on any atom is -0.478 e. The van der Waals surface area contributed by atoms with Crippen molar-refractivity contribution in [1.29, 1.82) is 0 Å². The molecule has 0 aliphatic carbocycles. The standard InChI is InChI=1S/C49H53ClN6O4S2/c1-34-31-44(21-22-45(34)51-40(23-26-54-24-8-25-54)33-61-43-11-5-4-6-12-43)62(59,60)52-39-17-19-41(20-18-39)55-27-29-56(30-28-55)42-10-7-9-37(32-42)47-46(49(57)58)35(2)53(3)48(47)36-13-15-38(50)16-14-36/h4-7,9-22,31-32,40,51-52H,8,23-30,33H2,1-3H3,(H,57,58)/t40-/m1/s1. The minimum absolute atomic E-state index is 0.225. The number of nitrogens with zero attached hydrogens (tertiary/aromatic N) is 4. The molecule has 0 spiro atoms. The quantitative estimate of drug-likeness (QED) is 0.0819. The van der Waals surface area contributed by atoms with E-state index < -0.39 is 16.0 Å². The Morgan fingerprint density at radius 3 is 2.13 bits per heavy atom. The molecule has 0 amide bonds. The van der Waals surface area contributed by atoms with Crippen LogP contribution in [0.2, 0.25) is 5.02 Å². The van der Waals surface area contributed by atoms with Crippen molar-refractivity contribution in [2.75, 3.05) is 71.4 Å². The number of halogens is 1. The number of carbonyl (C=O) groups is 1. The maximum atomic E-state index is 13.6. The monoisotopic (exact) mass is 888 g/mol. The molecule has 0 radical (unpaired) electrons. The van der Waals surface area contributed by atoms with Crippen LogP contribution in [0.5, 0.6) is 0 Å².